The fourth-order valence-corrected chi connectivity index (χ4v) is 3.32. The molecule has 1 aromatic heterocycles. The summed E-state index contributed by atoms with van der Waals surface area (Å²) in [7, 11) is 3.77. The summed E-state index contributed by atoms with van der Waals surface area (Å²) in [5.41, 5.74) is 13.5. The summed E-state index contributed by atoms with van der Waals surface area (Å²) >= 11 is 0. The number of methoxy groups -OCH3 is 1. The molecule has 2 heterocycles. The first-order valence-electron chi connectivity index (χ1n) is 8.38. The van der Waals surface area contributed by atoms with Crippen LogP contribution < -0.4 is 21.5 Å². The summed E-state index contributed by atoms with van der Waals surface area (Å²) in [5.74, 6) is 2.75. The topological polar surface area (TPSA) is 88.3 Å². The van der Waals surface area contributed by atoms with Gasteiger partial charge >= 0.3 is 0 Å². The molecule has 1 saturated carbocycles. The Morgan fingerprint density at radius 2 is 2.17 bits per heavy atom. The van der Waals surface area contributed by atoms with Gasteiger partial charge in [-0.3, -0.25) is 10.9 Å². The number of anilines is 1. The van der Waals surface area contributed by atoms with Gasteiger partial charge in [-0.25, -0.2) is 9.97 Å². The maximum atomic E-state index is 5.93. The molecule has 0 spiro atoms. The number of hydrazine groups is 1. The summed E-state index contributed by atoms with van der Waals surface area (Å²) in [6.07, 6.45) is 2.03. The summed E-state index contributed by atoms with van der Waals surface area (Å²) < 4.78 is 5.23. The average Bonchev–Trinajstić information content (AvgIpc) is 2.89. The molecule has 1 aliphatic carbocycles. The Labute approximate surface area is 138 Å². The lowest BCUT2D eigenvalue weighted by Gasteiger charge is -2.33. The number of aromatic nitrogens is 2. The lowest BCUT2D eigenvalue weighted by atomic mass is 9.78. The standard InChI is InChI=1S/C16H28N6O/c1-10-12(7-18-21-10)8-22(2)16-6-14(11-4-13(17)5-11)19-15(20-16)9-23-3/h6,10-13,18,21H,4-5,7-9,17H2,1-3H3. The molecule has 128 valence electrons. The van der Waals surface area contributed by atoms with Crippen LogP contribution in [0.2, 0.25) is 0 Å². The van der Waals surface area contributed by atoms with E-state index in [0.29, 0.717) is 30.5 Å². The third-order valence-electron chi connectivity index (χ3n) is 4.95. The van der Waals surface area contributed by atoms with Crippen LogP contribution in [0, 0.1) is 5.92 Å². The van der Waals surface area contributed by atoms with E-state index in [-0.39, 0.29) is 0 Å². The molecule has 2 aliphatic rings. The highest BCUT2D eigenvalue weighted by Crippen LogP contribution is 2.35. The summed E-state index contributed by atoms with van der Waals surface area (Å²) in [4.78, 5) is 11.6. The average molecular weight is 320 g/mol. The first kappa shape index (κ1) is 16.6. The van der Waals surface area contributed by atoms with Gasteiger partial charge in [-0.1, -0.05) is 0 Å². The maximum absolute atomic E-state index is 5.93. The van der Waals surface area contributed by atoms with Crippen molar-refractivity contribution in [3.05, 3.63) is 17.6 Å². The Bertz CT molecular complexity index is 533. The van der Waals surface area contributed by atoms with Gasteiger partial charge in [-0.15, -0.1) is 0 Å². The minimum Gasteiger partial charge on any atom is -0.377 e. The van der Waals surface area contributed by atoms with Gasteiger partial charge in [-0.05, 0) is 19.8 Å². The van der Waals surface area contributed by atoms with Crippen molar-refractivity contribution in [3.8, 4) is 0 Å². The molecule has 2 unspecified atom stereocenters. The van der Waals surface area contributed by atoms with Crippen molar-refractivity contribution in [1.82, 2.24) is 20.8 Å². The highest BCUT2D eigenvalue weighted by atomic mass is 16.5. The smallest absolute Gasteiger partial charge is 0.156 e. The molecule has 7 nitrogen and oxygen atoms in total. The lowest BCUT2D eigenvalue weighted by Crippen LogP contribution is -2.36. The molecule has 3 rings (SSSR count). The van der Waals surface area contributed by atoms with Gasteiger partial charge in [0.25, 0.3) is 0 Å². The summed E-state index contributed by atoms with van der Waals surface area (Å²) in [6.45, 7) is 4.58. The molecule has 23 heavy (non-hydrogen) atoms. The lowest BCUT2D eigenvalue weighted by molar-refractivity contribution is 0.177. The summed E-state index contributed by atoms with van der Waals surface area (Å²) in [5, 5.41) is 0. The van der Waals surface area contributed by atoms with Crippen molar-refractivity contribution >= 4 is 5.82 Å². The van der Waals surface area contributed by atoms with Crippen LogP contribution in [0.4, 0.5) is 5.82 Å². The molecule has 2 atom stereocenters. The number of hydrogen-bond donors (Lipinski definition) is 3. The fraction of sp³-hybridized carbons (Fsp3) is 0.750. The van der Waals surface area contributed by atoms with Crippen LogP contribution >= 0.6 is 0 Å². The fourth-order valence-electron chi connectivity index (χ4n) is 3.32. The van der Waals surface area contributed by atoms with Crippen LogP contribution in [0.1, 0.15) is 37.2 Å². The van der Waals surface area contributed by atoms with Crippen LogP contribution in [0.3, 0.4) is 0 Å². The Hall–Kier alpha value is -1.28. The largest absolute Gasteiger partial charge is 0.377 e. The van der Waals surface area contributed by atoms with Gasteiger partial charge in [0.1, 0.15) is 12.4 Å². The SMILES string of the molecule is COCc1nc(C2CC(N)C2)cc(N(C)CC2CNNC2C)n1. The van der Waals surface area contributed by atoms with Crippen LogP contribution in [-0.4, -0.2) is 49.3 Å². The van der Waals surface area contributed by atoms with Crippen LogP contribution in [0.15, 0.2) is 6.07 Å². The molecule has 2 fully saturated rings. The maximum Gasteiger partial charge on any atom is 0.156 e. The van der Waals surface area contributed by atoms with Crippen molar-refractivity contribution in [2.24, 2.45) is 11.7 Å². The second-order valence-corrected chi connectivity index (χ2v) is 6.88. The predicted molar refractivity (Wildman–Crippen MR) is 90.1 cm³/mol. The highest BCUT2D eigenvalue weighted by molar-refractivity contribution is 5.40. The van der Waals surface area contributed by atoms with Gasteiger partial charge in [0, 0.05) is 62.9 Å². The molecule has 0 radical (unpaired) electrons. The first-order chi connectivity index (χ1) is 11.1. The molecule has 1 aliphatic heterocycles. The normalized spacial score (nSPS) is 30.3. The summed E-state index contributed by atoms with van der Waals surface area (Å²) in [6, 6.07) is 2.90. The number of nitrogens with zero attached hydrogens (tertiary/aromatic N) is 3. The van der Waals surface area contributed by atoms with Gasteiger partial charge < -0.3 is 15.4 Å². The molecule has 0 amide bonds. The number of ether oxygens (including phenoxy) is 1. The van der Waals surface area contributed by atoms with E-state index in [4.69, 9.17) is 10.5 Å². The van der Waals surface area contributed by atoms with Crippen LogP contribution in [-0.2, 0) is 11.3 Å². The van der Waals surface area contributed by atoms with E-state index in [1.54, 1.807) is 7.11 Å². The molecule has 1 aromatic rings. The second kappa shape index (κ2) is 7.09. The Kier molecular flexibility index (Phi) is 5.11. The van der Waals surface area contributed by atoms with E-state index < -0.39 is 0 Å². The first-order valence-corrected chi connectivity index (χ1v) is 8.38. The zero-order valence-electron chi connectivity index (χ0n) is 14.2. The van der Waals surface area contributed by atoms with E-state index >= 15 is 0 Å². The zero-order valence-corrected chi connectivity index (χ0v) is 14.2. The van der Waals surface area contributed by atoms with Crippen LogP contribution in [0.5, 0.6) is 0 Å². The number of hydrogen-bond acceptors (Lipinski definition) is 7. The molecule has 1 saturated heterocycles. The van der Waals surface area contributed by atoms with E-state index in [1.165, 1.54) is 0 Å². The Balaban J connectivity index is 1.76. The second-order valence-electron chi connectivity index (χ2n) is 6.88. The number of nitrogens with one attached hydrogen (secondary N) is 2. The molecule has 7 heteroatoms. The van der Waals surface area contributed by atoms with Crippen molar-refractivity contribution in [1.29, 1.82) is 0 Å². The number of rotatable bonds is 6. The molecular formula is C16H28N6O. The number of nitrogens with two attached hydrogens (primary N) is 1. The highest BCUT2D eigenvalue weighted by Gasteiger charge is 2.30. The minimum atomic E-state index is 0.318. The van der Waals surface area contributed by atoms with Crippen molar-refractivity contribution in [3.63, 3.8) is 0 Å². The minimum absolute atomic E-state index is 0.318. The molecule has 0 bridgehead atoms. The third-order valence-corrected chi connectivity index (χ3v) is 4.95. The van der Waals surface area contributed by atoms with E-state index in [2.05, 4.69) is 45.8 Å². The van der Waals surface area contributed by atoms with Gasteiger partial charge in [0.05, 0.1) is 0 Å². The monoisotopic (exact) mass is 320 g/mol. The van der Waals surface area contributed by atoms with Gasteiger partial charge in [0.2, 0.25) is 0 Å². The Morgan fingerprint density at radius 3 is 2.78 bits per heavy atom. The third kappa shape index (κ3) is 3.80. The van der Waals surface area contributed by atoms with Crippen molar-refractivity contribution < 1.29 is 4.74 Å². The van der Waals surface area contributed by atoms with Gasteiger partial charge in [0.15, 0.2) is 5.82 Å². The molecule has 4 N–H and O–H groups in total. The Morgan fingerprint density at radius 1 is 1.39 bits per heavy atom. The van der Waals surface area contributed by atoms with E-state index in [0.717, 1.165) is 43.3 Å². The van der Waals surface area contributed by atoms with Gasteiger partial charge in [-0.2, -0.15) is 0 Å². The van der Waals surface area contributed by atoms with Crippen molar-refractivity contribution in [2.75, 3.05) is 32.1 Å². The molecular weight excluding hydrogens is 292 g/mol. The predicted octanol–water partition coefficient (Wildman–Crippen LogP) is 0.376. The van der Waals surface area contributed by atoms with E-state index in [9.17, 15) is 0 Å². The van der Waals surface area contributed by atoms with Crippen molar-refractivity contribution in [2.45, 2.75) is 44.4 Å². The quantitative estimate of drug-likeness (QED) is 0.698. The zero-order chi connectivity index (χ0) is 16.4. The van der Waals surface area contributed by atoms with E-state index in [1.807, 2.05) is 0 Å². The van der Waals surface area contributed by atoms with Crippen LogP contribution in [0.25, 0.3) is 0 Å². The molecule has 0 aromatic carbocycles.